The number of nitrogens with zero attached hydrogens (tertiary/aromatic N) is 1. The molecule has 0 aromatic heterocycles. The first-order valence-corrected chi connectivity index (χ1v) is 6.35. The van der Waals surface area contributed by atoms with Crippen molar-refractivity contribution in [1.29, 1.82) is 0 Å². The molecule has 0 N–H and O–H groups in total. The lowest BCUT2D eigenvalue weighted by Gasteiger charge is -2.27. The van der Waals surface area contributed by atoms with E-state index < -0.39 is 0 Å². The Balaban J connectivity index is 1.55. The first kappa shape index (κ1) is 9.21. The van der Waals surface area contributed by atoms with Crippen LogP contribution in [0, 0.1) is 29.1 Å². The first-order valence-electron chi connectivity index (χ1n) is 6.35. The zero-order valence-corrected chi connectivity index (χ0v) is 9.79. The molecule has 0 spiro atoms. The van der Waals surface area contributed by atoms with Crippen LogP contribution in [0.4, 0.5) is 0 Å². The molecule has 1 saturated heterocycles. The van der Waals surface area contributed by atoms with Crippen LogP contribution in [0.25, 0.3) is 0 Å². The number of likely N-dealkylation sites (tertiary alicyclic amines) is 1. The second-order valence-corrected chi connectivity index (χ2v) is 6.40. The van der Waals surface area contributed by atoms with Gasteiger partial charge in [-0.15, -0.1) is 0 Å². The van der Waals surface area contributed by atoms with Gasteiger partial charge in [0.25, 0.3) is 0 Å². The monoisotopic (exact) mass is 193 g/mol. The Hall–Kier alpha value is -0.0400. The zero-order chi connectivity index (χ0) is 9.92. The third-order valence-electron chi connectivity index (χ3n) is 5.35. The van der Waals surface area contributed by atoms with Gasteiger partial charge in [-0.25, -0.2) is 0 Å². The number of piperidine rings is 1. The molecule has 1 aliphatic heterocycles. The summed E-state index contributed by atoms with van der Waals surface area (Å²) in [6.45, 7) is 11.5. The minimum Gasteiger partial charge on any atom is -0.302 e. The first-order chi connectivity index (χ1) is 6.62. The fourth-order valence-electron chi connectivity index (χ4n) is 3.56. The van der Waals surface area contributed by atoms with E-state index in [0.717, 1.165) is 29.1 Å². The van der Waals surface area contributed by atoms with E-state index in [1.165, 1.54) is 32.5 Å². The Morgan fingerprint density at radius 2 is 1.79 bits per heavy atom. The summed E-state index contributed by atoms with van der Waals surface area (Å²) in [4.78, 5) is 2.75. The van der Waals surface area contributed by atoms with Gasteiger partial charge >= 0.3 is 0 Å². The van der Waals surface area contributed by atoms with Gasteiger partial charge in [0.15, 0.2) is 0 Å². The maximum absolute atomic E-state index is 2.75. The Morgan fingerprint density at radius 1 is 1.21 bits per heavy atom. The van der Waals surface area contributed by atoms with Gasteiger partial charge in [0, 0.05) is 19.6 Å². The van der Waals surface area contributed by atoms with Crippen LogP contribution in [-0.2, 0) is 0 Å². The van der Waals surface area contributed by atoms with Crippen molar-refractivity contribution in [2.45, 2.75) is 33.6 Å². The molecular weight excluding hydrogens is 170 g/mol. The van der Waals surface area contributed by atoms with Crippen LogP contribution in [0.2, 0.25) is 0 Å². The minimum absolute atomic E-state index is 0.736. The van der Waals surface area contributed by atoms with Crippen molar-refractivity contribution in [2.75, 3.05) is 19.6 Å². The van der Waals surface area contributed by atoms with E-state index in [1.54, 1.807) is 0 Å². The summed E-state index contributed by atoms with van der Waals surface area (Å²) in [7, 11) is 0. The number of fused-ring (bicyclic) bond motifs is 1. The molecule has 2 aliphatic carbocycles. The number of hydrogen-bond donors (Lipinski definition) is 0. The van der Waals surface area contributed by atoms with E-state index in [1.807, 2.05) is 0 Å². The molecule has 2 atom stereocenters. The van der Waals surface area contributed by atoms with E-state index in [9.17, 15) is 0 Å². The third-order valence-corrected chi connectivity index (χ3v) is 5.35. The fourth-order valence-corrected chi connectivity index (χ4v) is 3.56. The van der Waals surface area contributed by atoms with Crippen molar-refractivity contribution in [2.24, 2.45) is 29.1 Å². The van der Waals surface area contributed by atoms with Crippen LogP contribution in [0.5, 0.6) is 0 Å². The molecule has 1 heterocycles. The molecule has 0 amide bonds. The molecule has 14 heavy (non-hydrogen) atoms. The van der Waals surface area contributed by atoms with Crippen molar-refractivity contribution in [1.82, 2.24) is 4.90 Å². The molecule has 0 aromatic carbocycles. The second kappa shape index (κ2) is 2.75. The quantitative estimate of drug-likeness (QED) is 0.666. The van der Waals surface area contributed by atoms with Gasteiger partial charge in [-0.2, -0.15) is 0 Å². The Labute approximate surface area is 87.9 Å². The van der Waals surface area contributed by atoms with E-state index >= 15 is 0 Å². The average molecular weight is 193 g/mol. The van der Waals surface area contributed by atoms with Gasteiger partial charge in [-0.05, 0) is 41.9 Å². The van der Waals surface area contributed by atoms with Gasteiger partial charge in [0.1, 0.15) is 0 Å². The van der Waals surface area contributed by atoms with Crippen LogP contribution >= 0.6 is 0 Å². The number of hydrogen-bond acceptors (Lipinski definition) is 1. The van der Waals surface area contributed by atoms with Crippen molar-refractivity contribution >= 4 is 0 Å². The lowest BCUT2D eigenvalue weighted by Crippen LogP contribution is -2.33. The lowest BCUT2D eigenvalue weighted by molar-refractivity contribution is 0.195. The van der Waals surface area contributed by atoms with Crippen LogP contribution in [-0.4, -0.2) is 24.5 Å². The Kier molecular flexibility index (Phi) is 1.81. The van der Waals surface area contributed by atoms with Gasteiger partial charge in [0.05, 0.1) is 0 Å². The van der Waals surface area contributed by atoms with Crippen molar-refractivity contribution < 1.29 is 0 Å². The standard InChI is InChI=1S/C13H23N/c1-9(2)13(4-5-13)8-14-6-11-10(3)12(11)7-14/h9-12H,4-8H2,1-3H3. The highest BCUT2D eigenvalue weighted by atomic mass is 15.2. The molecule has 3 fully saturated rings. The summed E-state index contributed by atoms with van der Waals surface area (Å²) in [5, 5.41) is 0. The lowest BCUT2D eigenvalue weighted by atomic mass is 9.92. The van der Waals surface area contributed by atoms with Gasteiger partial charge in [-0.3, -0.25) is 0 Å². The highest BCUT2D eigenvalue weighted by molar-refractivity contribution is 5.06. The van der Waals surface area contributed by atoms with E-state index in [0.29, 0.717) is 0 Å². The topological polar surface area (TPSA) is 3.24 Å². The predicted molar refractivity (Wildman–Crippen MR) is 59.1 cm³/mol. The third kappa shape index (κ3) is 1.25. The van der Waals surface area contributed by atoms with Crippen LogP contribution < -0.4 is 0 Å². The molecular formula is C13H23N. The fraction of sp³-hybridized carbons (Fsp3) is 1.00. The molecule has 1 heteroatoms. The molecule has 3 rings (SSSR count). The van der Waals surface area contributed by atoms with Crippen molar-refractivity contribution in [3.05, 3.63) is 0 Å². The zero-order valence-electron chi connectivity index (χ0n) is 9.79. The van der Waals surface area contributed by atoms with Gasteiger partial charge in [-0.1, -0.05) is 20.8 Å². The van der Waals surface area contributed by atoms with Crippen molar-refractivity contribution in [3.8, 4) is 0 Å². The predicted octanol–water partition coefficient (Wildman–Crippen LogP) is 2.62. The normalized spacial score (nSPS) is 44.1. The molecule has 0 radical (unpaired) electrons. The van der Waals surface area contributed by atoms with E-state index in [2.05, 4.69) is 25.7 Å². The maximum Gasteiger partial charge on any atom is 0.00407 e. The summed E-state index contributed by atoms with van der Waals surface area (Å²) >= 11 is 0. The van der Waals surface area contributed by atoms with Crippen LogP contribution in [0.15, 0.2) is 0 Å². The summed E-state index contributed by atoms with van der Waals surface area (Å²) in [6, 6.07) is 0. The molecule has 3 aliphatic rings. The highest BCUT2D eigenvalue weighted by Crippen LogP contribution is 2.56. The molecule has 2 saturated carbocycles. The maximum atomic E-state index is 2.75. The number of rotatable bonds is 3. The highest BCUT2D eigenvalue weighted by Gasteiger charge is 2.55. The summed E-state index contributed by atoms with van der Waals surface area (Å²) in [5.74, 6) is 4.12. The van der Waals surface area contributed by atoms with Crippen LogP contribution in [0.1, 0.15) is 33.6 Å². The summed E-state index contributed by atoms with van der Waals surface area (Å²) in [6.07, 6.45) is 2.98. The summed E-state index contributed by atoms with van der Waals surface area (Å²) < 4.78 is 0. The minimum atomic E-state index is 0.736. The van der Waals surface area contributed by atoms with E-state index in [4.69, 9.17) is 0 Å². The average Bonchev–Trinajstić information content (AvgIpc) is 2.94. The molecule has 0 aromatic rings. The Morgan fingerprint density at radius 3 is 2.21 bits per heavy atom. The molecule has 2 unspecified atom stereocenters. The smallest absolute Gasteiger partial charge is 0.00407 e. The SMILES string of the molecule is CC1C2CN(CC3(C(C)C)CC3)CC12. The van der Waals surface area contributed by atoms with Crippen LogP contribution in [0.3, 0.4) is 0 Å². The largest absolute Gasteiger partial charge is 0.302 e. The molecule has 1 nitrogen and oxygen atoms in total. The van der Waals surface area contributed by atoms with Crippen molar-refractivity contribution in [3.63, 3.8) is 0 Å². The van der Waals surface area contributed by atoms with E-state index in [-0.39, 0.29) is 0 Å². The van der Waals surface area contributed by atoms with Gasteiger partial charge in [0.2, 0.25) is 0 Å². The molecule has 0 bridgehead atoms. The Bertz CT molecular complexity index is 230. The molecule has 80 valence electrons. The van der Waals surface area contributed by atoms with Gasteiger partial charge < -0.3 is 4.90 Å². The summed E-state index contributed by atoms with van der Waals surface area (Å²) in [5.41, 5.74) is 0.736. The second-order valence-electron chi connectivity index (χ2n) is 6.40.